The Bertz CT molecular complexity index is 595. The van der Waals surface area contributed by atoms with E-state index in [2.05, 4.69) is 53.4 Å². The molecule has 2 heterocycles. The van der Waals surface area contributed by atoms with Crippen molar-refractivity contribution in [2.75, 3.05) is 5.32 Å². The Morgan fingerprint density at radius 1 is 1.27 bits per heavy atom. The molecule has 0 radical (unpaired) electrons. The summed E-state index contributed by atoms with van der Waals surface area (Å²) in [4.78, 5) is 0. The Morgan fingerprint density at radius 2 is 2.00 bits per heavy atom. The first-order valence-corrected chi connectivity index (χ1v) is 7.96. The highest BCUT2D eigenvalue weighted by atomic mass is 35.5. The van der Waals surface area contributed by atoms with Crippen molar-refractivity contribution >= 4 is 18.1 Å². The molecule has 0 aliphatic heterocycles. The molecule has 1 fully saturated rings. The van der Waals surface area contributed by atoms with E-state index in [1.165, 1.54) is 31.2 Å². The second kappa shape index (κ2) is 7.18. The molecule has 1 aliphatic rings. The van der Waals surface area contributed by atoms with Crippen molar-refractivity contribution in [3.63, 3.8) is 0 Å². The van der Waals surface area contributed by atoms with E-state index < -0.39 is 0 Å². The molecule has 6 heteroatoms. The van der Waals surface area contributed by atoms with Crippen molar-refractivity contribution in [2.24, 2.45) is 0 Å². The lowest BCUT2D eigenvalue weighted by Gasteiger charge is -2.08. The van der Waals surface area contributed by atoms with E-state index >= 15 is 0 Å². The molecule has 0 saturated heterocycles. The minimum absolute atomic E-state index is 0. The summed E-state index contributed by atoms with van der Waals surface area (Å²) in [7, 11) is 0. The Labute approximate surface area is 138 Å². The normalized spacial score (nSPS) is 15.3. The van der Waals surface area contributed by atoms with E-state index in [1.807, 2.05) is 10.9 Å². The van der Waals surface area contributed by atoms with E-state index in [0.717, 1.165) is 17.9 Å². The standard InChI is InChI=1S/C16H25N5.ClH/c1-12(2)20-10-14(13(3)19-20)8-17-15-9-18-21(11-15)16-6-4-5-7-16;/h9-12,16-17H,4-8H2,1-3H3;1H. The second-order valence-corrected chi connectivity index (χ2v) is 6.31. The number of rotatable bonds is 5. The smallest absolute Gasteiger partial charge is 0.0729 e. The van der Waals surface area contributed by atoms with Crippen LogP contribution in [0, 0.1) is 6.92 Å². The molecule has 1 N–H and O–H groups in total. The third-order valence-corrected chi connectivity index (χ3v) is 4.33. The van der Waals surface area contributed by atoms with Crippen LogP contribution in [0.25, 0.3) is 0 Å². The van der Waals surface area contributed by atoms with E-state index in [0.29, 0.717) is 12.1 Å². The number of aromatic nitrogens is 4. The van der Waals surface area contributed by atoms with Crippen LogP contribution in [0.4, 0.5) is 5.69 Å². The summed E-state index contributed by atoms with van der Waals surface area (Å²) >= 11 is 0. The van der Waals surface area contributed by atoms with Crippen molar-refractivity contribution < 1.29 is 0 Å². The fraction of sp³-hybridized carbons (Fsp3) is 0.625. The van der Waals surface area contributed by atoms with Gasteiger partial charge in [-0.1, -0.05) is 12.8 Å². The van der Waals surface area contributed by atoms with Crippen LogP contribution in [0.2, 0.25) is 0 Å². The quantitative estimate of drug-likeness (QED) is 0.900. The molecule has 0 unspecified atom stereocenters. The van der Waals surface area contributed by atoms with Crippen LogP contribution in [0.3, 0.4) is 0 Å². The lowest BCUT2D eigenvalue weighted by molar-refractivity contribution is 0.467. The molecule has 1 aliphatic carbocycles. The van der Waals surface area contributed by atoms with Gasteiger partial charge in [-0.3, -0.25) is 9.36 Å². The van der Waals surface area contributed by atoms with Crippen LogP contribution in [-0.2, 0) is 6.54 Å². The number of hydrogen-bond donors (Lipinski definition) is 1. The van der Waals surface area contributed by atoms with Crippen LogP contribution >= 0.6 is 12.4 Å². The average molecular weight is 324 g/mol. The summed E-state index contributed by atoms with van der Waals surface area (Å²) in [5.41, 5.74) is 3.44. The topological polar surface area (TPSA) is 47.7 Å². The molecule has 2 aromatic heterocycles. The fourth-order valence-corrected chi connectivity index (χ4v) is 2.95. The third-order valence-electron chi connectivity index (χ3n) is 4.33. The van der Waals surface area contributed by atoms with Crippen molar-refractivity contribution in [1.29, 1.82) is 0 Å². The van der Waals surface area contributed by atoms with Gasteiger partial charge in [-0.05, 0) is 33.6 Å². The highest BCUT2D eigenvalue weighted by molar-refractivity contribution is 5.85. The Balaban J connectivity index is 0.00000176. The van der Waals surface area contributed by atoms with Gasteiger partial charge in [-0.25, -0.2) is 0 Å². The van der Waals surface area contributed by atoms with Gasteiger partial charge in [-0.2, -0.15) is 10.2 Å². The number of halogens is 1. The van der Waals surface area contributed by atoms with Gasteiger partial charge in [0.05, 0.1) is 23.6 Å². The van der Waals surface area contributed by atoms with E-state index in [-0.39, 0.29) is 12.4 Å². The summed E-state index contributed by atoms with van der Waals surface area (Å²) in [6.07, 6.45) is 11.4. The number of nitrogens with zero attached hydrogens (tertiary/aromatic N) is 4. The molecule has 3 rings (SSSR count). The molecule has 0 aromatic carbocycles. The highest BCUT2D eigenvalue weighted by Gasteiger charge is 2.17. The molecule has 2 aromatic rings. The number of anilines is 1. The van der Waals surface area contributed by atoms with E-state index in [9.17, 15) is 0 Å². The largest absolute Gasteiger partial charge is 0.378 e. The molecule has 1 saturated carbocycles. The molecule has 5 nitrogen and oxygen atoms in total. The number of aryl methyl sites for hydroxylation is 1. The van der Waals surface area contributed by atoms with Gasteiger partial charge in [0, 0.05) is 30.5 Å². The zero-order valence-electron chi connectivity index (χ0n) is 13.6. The number of hydrogen-bond acceptors (Lipinski definition) is 3. The van der Waals surface area contributed by atoms with Gasteiger partial charge in [0.25, 0.3) is 0 Å². The first-order valence-electron chi connectivity index (χ1n) is 7.96. The van der Waals surface area contributed by atoms with Crippen molar-refractivity contribution in [3.8, 4) is 0 Å². The monoisotopic (exact) mass is 323 g/mol. The molecule has 122 valence electrons. The zero-order valence-corrected chi connectivity index (χ0v) is 14.4. The molecular weight excluding hydrogens is 298 g/mol. The van der Waals surface area contributed by atoms with Crippen molar-refractivity contribution in [3.05, 3.63) is 29.8 Å². The molecule has 0 bridgehead atoms. The summed E-state index contributed by atoms with van der Waals surface area (Å²) in [6, 6.07) is 1.01. The number of nitrogens with one attached hydrogen (secondary N) is 1. The summed E-state index contributed by atoms with van der Waals surface area (Å²) < 4.78 is 4.15. The second-order valence-electron chi connectivity index (χ2n) is 6.31. The van der Waals surface area contributed by atoms with Gasteiger partial charge in [0.1, 0.15) is 0 Å². The van der Waals surface area contributed by atoms with Gasteiger partial charge in [0.2, 0.25) is 0 Å². The summed E-state index contributed by atoms with van der Waals surface area (Å²) in [6.45, 7) is 7.16. The zero-order chi connectivity index (χ0) is 14.8. The maximum Gasteiger partial charge on any atom is 0.0729 e. The van der Waals surface area contributed by atoms with Crippen molar-refractivity contribution in [1.82, 2.24) is 19.6 Å². The Hall–Kier alpha value is -1.49. The van der Waals surface area contributed by atoms with E-state index in [4.69, 9.17) is 0 Å². The van der Waals surface area contributed by atoms with Gasteiger partial charge in [-0.15, -0.1) is 12.4 Å². The molecule has 0 atom stereocenters. The summed E-state index contributed by atoms with van der Waals surface area (Å²) in [5, 5.41) is 12.5. The molecule has 0 amide bonds. The SMILES string of the molecule is Cc1nn(C(C)C)cc1CNc1cnn(C2CCCC2)c1.Cl. The van der Waals surface area contributed by atoms with Gasteiger partial charge < -0.3 is 5.32 Å². The lowest BCUT2D eigenvalue weighted by Crippen LogP contribution is -2.04. The van der Waals surface area contributed by atoms with E-state index in [1.54, 1.807) is 0 Å². The Kier molecular flexibility index (Phi) is 5.51. The van der Waals surface area contributed by atoms with Crippen LogP contribution in [0.1, 0.15) is 62.9 Å². The minimum Gasteiger partial charge on any atom is -0.378 e. The lowest BCUT2D eigenvalue weighted by atomic mass is 10.2. The van der Waals surface area contributed by atoms with Crippen LogP contribution in [-0.4, -0.2) is 19.6 Å². The predicted octanol–water partition coefficient (Wildman–Crippen LogP) is 4.12. The maximum atomic E-state index is 4.55. The van der Waals surface area contributed by atoms with Gasteiger partial charge >= 0.3 is 0 Å². The van der Waals surface area contributed by atoms with Gasteiger partial charge in [0.15, 0.2) is 0 Å². The fourth-order valence-electron chi connectivity index (χ4n) is 2.95. The average Bonchev–Trinajstić information content (AvgIpc) is 3.17. The summed E-state index contributed by atoms with van der Waals surface area (Å²) in [5.74, 6) is 0. The van der Waals surface area contributed by atoms with Crippen LogP contribution in [0.5, 0.6) is 0 Å². The van der Waals surface area contributed by atoms with Crippen LogP contribution < -0.4 is 5.32 Å². The van der Waals surface area contributed by atoms with Crippen molar-refractivity contribution in [2.45, 2.75) is 65.1 Å². The molecule has 0 spiro atoms. The van der Waals surface area contributed by atoms with Crippen LogP contribution in [0.15, 0.2) is 18.6 Å². The third kappa shape index (κ3) is 3.64. The Morgan fingerprint density at radius 3 is 2.64 bits per heavy atom. The minimum atomic E-state index is 0. The first-order chi connectivity index (χ1) is 10.1. The molecule has 22 heavy (non-hydrogen) atoms. The predicted molar refractivity (Wildman–Crippen MR) is 91.7 cm³/mol. The first kappa shape index (κ1) is 16.9. The highest BCUT2D eigenvalue weighted by Crippen LogP contribution is 2.29. The molecular formula is C16H26ClN5. The maximum absolute atomic E-state index is 4.55.